The lowest BCUT2D eigenvalue weighted by atomic mass is 9.74. The van der Waals surface area contributed by atoms with Crippen molar-refractivity contribution >= 4 is 29.4 Å². The minimum atomic E-state index is -5.99. The minimum absolute atomic E-state index is 0.0572. The fourth-order valence-corrected chi connectivity index (χ4v) is 6.34. The molecule has 0 saturated carbocycles. The molecule has 0 fully saturated rings. The van der Waals surface area contributed by atoms with Crippen LogP contribution in [0.3, 0.4) is 0 Å². The maximum atomic E-state index is 14.8. The van der Waals surface area contributed by atoms with E-state index in [-0.39, 0.29) is 45.5 Å². The van der Waals surface area contributed by atoms with E-state index < -0.39 is 71.1 Å². The van der Waals surface area contributed by atoms with Gasteiger partial charge >= 0.3 is 29.9 Å². The van der Waals surface area contributed by atoms with Crippen molar-refractivity contribution in [3.63, 3.8) is 0 Å². The number of ether oxygens (including phenoxy) is 2. The summed E-state index contributed by atoms with van der Waals surface area (Å²) in [5, 5.41) is 10.6. The van der Waals surface area contributed by atoms with Crippen LogP contribution in [0.1, 0.15) is 69.2 Å². The highest BCUT2D eigenvalue weighted by molar-refractivity contribution is 7.99. The predicted octanol–water partition coefficient (Wildman–Crippen LogP) is 8.49. The molecule has 3 unspecified atom stereocenters. The summed E-state index contributed by atoms with van der Waals surface area (Å²) in [7, 11) is 0. The molecule has 2 aromatic rings. The number of hydrogen-bond acceptors (Lipinski definition) is 7. The largest absolute Gasteiger partial charge is 0.460 e. The minimum Gasteiger partial charge on any atom is -0.460 e. The Labute approximate surface area is 294 Å². The second kappa shape index (κ2) is 15.4. The Morgan fingerprint density at radius 2 is 1.69 bits per heavy atom. The molecule has 0 radical (unpaired) electrons. The fourth-order valence-electron chi connectivity index (χ4n) is 5.45. The monoisotopic (exact) mass is 756 g/mol. The van der Waals surface area contributed by atoms with Gasteiger partial charge in [0.1, 0.15) is 5.75 Å². The number of carbonyl (C=O) groups excluding carboxylic acids is 1. The van der Waals surface area contributed by atoms with Crippen molar-refractivity contribution in [3.8, 4) is 5.75 Å². The van der Waals surface area contributed by atoms with Crippen molar-refractivity contribution in [2.24, 2.45) is 16.9 Å². The average Bonchev–Trinajstić information content (AvgIpc) is 3.01. The highest BCUT2D eigenvalue weighted by atomic mass is 32.2. The number of fused-ring (bicyclic) bond motifs is 1. The molecule has 5 N–H and O–H groups in total. The van der Waals surface area contributed by atoms with E-state index in [1.807, 2.05) is 0 Å². The van der Waals surface area contributed by atoms with Crippen LogP contribution in [0, 0.1) is 5.41 Å². The lowest BCUT2D eigenvalue weighted by molar-refractivity contribution is -0.310. The van der Waals surface area contributed by atoms with Gasteiger partial charge in [0.15, 0.2) is 6.61 Å². The Hall–Kier alpha value is -3.21. The van der Waals surface area contributed by atoms with Gasteiger partial charge in [0.05, 0.1) is 16.7 Å². The number of aliphatic hydroxyl groups is 1. The summed E-state index contributed by atoms with van der Waals surface area (Å²) in [6.45, 7) is 6.82. The van der Waals surface area contributed by atoms with E-state index in [0.717, 1.165) is 18.2 Å². The summed E-state index contributed by atoms with van der Waals surface area (Å²) in [6, 6.07) is 6.06. The first-order valence-corrected chi connectivity index (χ1v) is 16.7. The first-order valence-electron chi connectivity index (χ1n) is 15.8. The quantitative estimate of drug-likeness (QED) is 0.0519. The van der Waals surface area contributed by atoms with E-state index in [1.165, 1.54) is 52.0 Å². The molecule has 51 heavy (non-hydrogen) atoms. The Morgan fingerprint density at radius 3 is 2.25 bits per heavy atom. The number of aliphatic hydroxyl groups excluding tert-OH is 1. The maximum Gasteiger partial charge on any atom is 0.417 e. The van der Waals surface area contributed by atoms with E-state index in [9.17, 15) is 49.4 Å². The number of allylic oxidation sites excluding steroid dienone is 1. The predicted molar refractivity (Wildman–Crippen MR) is 177 cm³/mol. The zero-order valence-corrected chi connectivity index (χ0v) is 29.2. The van der Waals surface area contributed by atoms with Crippen molar-refractivity contribution in [2.45, 2.75) is 100 Å². The molecule has 1 aliphatic heterocycles. The maximum absolute atomic E-state index is 14.8. The van der Waals surface area contributed by atoms with Gasteiger partial charge in [0.2, 0.25) is 6.29 Å². The number of thioether (sulfide) groups is 1. The highest BCUT2D eigenvalue weighted by Gasteiger charge is 2.71. The number of alkyl halides is 9. The summed E-state index contributed by atoms with van der Waals surface area (Å²) >= 11 is 0.0572. The number of unbranched alkanes of at least 4 members (excludes halogenated alkanes) is 1. The van der Waals surface area contributed by atoms with Crippen LogP contribution in [0.15, 0.2) is 53.9 Å². The second-order valence-corrected chi connectivity index (χ2v) is 14.6. The van der Waals surface area contributed by atoms with Crippen molar-refractivity contribution in [3.05, 3.63) is 71.3 Å². The molecule has 1 heterocycles. The average molecular weight is 757 g/mol. The van der Waals surface area contributed by atoms with Gasteiger partial charge in [-0.2, -0.15) is 39.5 Å². The lowest BCUT2D eigenvalue weighted by Gasteiger charge is -2.37. The van der Waals surface area contributed by atoms with Gasteiger partial charge in [-0.25, -0.2) is 0 Å². The zero-order valence-electron chi connectivity index (χ0n) is 28.4. The van der Waals surface area contributed by atoms with E-state index in [0.29, 0.717) is 24.8 Å². The summed E-state index contributed by atoms with van der Waals surface area (Å²) in [5.74, 6) is -20.3. The third-order valence-corrected chi connectivity index (χ3v) is 9.49. The fraction of sp³-hybridized carbons (Fsp3) is 0.514. The van der Waals surface area contributed by atoms with Crippen LogP contribution in [0.25, 0.3) is 11.6 Å². The number of esters is 1. The molecule has 1 aliphatic rings. The van der Waals surface area contributed by atoms with E-state index in [2.05, 4.69) is 11.3 Å². The molecule has 3 rings (SSSR count). The third kappa shape index (κ3) is 9.82. The molecule has 3 atom stereocenters. The van der Waals surface area contributed by atoms with E-state index in [4.69, 9.17) is 16.2 Å². The molecule has 0 aliphatic carbocycles. The number of halogens is 9. The second-order valence-electron chi connectivity index (χ2n) is 13.5. The van der Waals surface area contributed by atoms with Crippen molar-refractivity contribution in [1.82, 2.24) is 0 Å². The van der Waals surface area contributed by atoms with Gasteiger partial charge in [0, 0.05) is 27.6 Å². The smallest absolute Gasteiger partial charge is 0.417 e. The molecule has 2 aromatic carbocycles. The van der Waals surface area contributed by atoms with Gasteiger partial charge in [-0.3, -0.25) is 4.79 Å². The summed E-state index contributed by atoms with van der Waals surface area (Å²) < 4.78 is 140. The number of carbonyl (C=O) groups is 1. The number of rotatable bonds is 16. The van der Waals surface area contributed by atoms with Crippen molar-refractivity contribution in [2.75, 3.05) is 12.4 Å². The summed E-state index contributed by atoms with van der Waals surface area (Å²) in [5.41, 5.74) is 7.90. The Balaban J connectivity index is 1.78. The van der Waals surface area contributed by atoms with Crippen LogP contribution in [-0.4, -0.2) is 59.1 Å². The summed E-state index contributed by atoms with van der Waals surface area (Å²) in [4.78, 5) is 12.5. The van der Waals surface area contributed by atoms with Crippen LogP contribution in [0.5, 0.6) is 5.75 Å². The van der Waals surface area contributed by atoms with Crippen LogP contribution in [0.4, 0.5) is 39.5 Å². The van der Waals surface area contributed by atoms with E-state index >= 15 is 0 Å². The molecule has 16 heteroatoms. The normalized spacial score (nSPS) is 17.5. The number of nitrogens with two attached hydrogens (primary N) is 2. The summed E-state index contributed by atoms with van der Waals surface area (Å²) in [6.07, 6.45) is -2.53. The zero-order chi connectivity index (χ0) is 38.8. The highest BCUT2D eigenvalue weighted by Crippen LogP contribution is 2.49. The number of aryl methyl sites for hydroxylation is 1. The molecule has 0 aromatic heterocycles. The standard InChI is InChI=1S/C35H41F9N2O4S/c1-6-7-8-9-21-10-13-24(26(14-21)34(40,41)42)25-15-22-11-12-23(16-27(22)50-28(25)47)51-19-33(38,39)35(43,44)32(36,37)18-49-29(48)31(5,20(2)45)17-30(3,4)46/h6,10-16,20,28,47H,1,7-9,17-19,45-46H2,2-5H3. The molecule has 6 nitrogen and oxygen atoms in total. The molecule has 284 valence electrons. The number of hydrogen-bond donors (Lipinski definition) is 3. The first kappa shape index (κ1) is 42.2. The first-order chi connectivity index (χ1) is 23.3. The van der Waals surface area contributed by atoms with Gasteiger partial charge < -0.3 is 26.0 Å². The van der Waals surface area contributed by atoms with Crippen molar-refractivity contribution < 1.29 is 58.9 Å². The molecule has 0 bridgehead atoms. The number of benzene rings is 2. The molecule has 0 amide bonds. The van der Waals surface area contributed by atoms with Crippen molar-refractivity contribution in [1.29, 1.82) is 0 Å². The lowest BCUT2D eigenvalue weighted by Crippen LogP contribution is -2.58. The topological polar surface area (TPSA) is 108 Å². The third-order valence-electron chi connectivity index (χ3n) is 8.39. The Morgan fingerprint density at radius 1 is 1.04 bits per heavy atom. The Bertz CT molecular complexity index is 1610. The molecule has 0 saturated heterocycles. The van der Waals surface area contributed by atoms with Crippen LogP contribution in [0.2, 0.25) is 0 Å². The van der Waals surface area contributed by atoms with Crippen LogP contribution < -0.4 is 16.2 Å². The van der Waals surface area contributed by atoms with E-state index in [1.54, 1.807) is 6.08 Å². The molecule has 0 spiro atoms. The molecular weight excluding hydrogens is 715 g/mol. The SMILES string of the molecule is C=CCCCc1ccc(C2=Cc3ccc(SCC(F)(F)C(F)(F)C(F)(F)COC(=O)C(C)(CC(C)(C)N)C(C)N)cc3OC2O)c(C(F)(F)F)c1. The van der Waals surface area contributed by atoms with Gasteiger partial charge in [-0.1, -0.05) is 24.3 Å². The Kier molecular flexibility index (Phi) is 12.8. The van der Waals surface area contributed by atoms with Crippen LogP contribution in [-0.2, 0) is 22.1 Å². The van der Waals surface area contributed by atoms with Gasteiger partial charge in [-0.05, 0) is 88.8 Å². The molecular formula is C35H41F9N2O4S. The van der Waals surface area contributed by atoms with Gasteiger partial charge in [-0.15, -0.1) is 18.3 Å². The van der Waals surface area contributed by atoms with Crippen LogP contribution >= 0.6 is 11.8 Å². The van der Waals surface area contributed by atoms with Gasteiger partial charge in [0.25, 0.3) is 0 Å².